The molecule has 0 saturated carbocycles. The van der Waals surface area contributed by atoms with E-state index >= 15 is 0 Å². The number of quaternary nitrogens is 1. The van der Waals surface area contributed by atoms with Crippen molar-refractivity contribution in [1.29, 1.82) is 0 Å². The van der Waals surface area contributed by atoms with Crippen LogP contribution < -0.4 is 10.8 Å². The Labute approximate surface area is 86.1 Å². The fraction of sp³-hybridized carbons (Fsp3) is 0.900. The Morgan fingerprint density at radius 3 is 2.50 bits per heavy atom. The molecule has 2 heterocycles. The van der Waals surface area contributed by atoms with Crippen LogP contribution in [0.15, 0.2) is 4.99 Å². The maximum Gasteiger partial charge on any atom is 0.174 e. The first kappa shape index (κ1) is 11.5. The fourth-order valence-corrected chi connectivity index (χ4v) is 1.78. The Kier molecular flexibility index (Phi) is 4.90. The summed E-state index contributed by atoms with van der Waals surface area (Å²) in [5.41, 5.74) is 2.91. The Morgan fingerprint density at radius 2 is 2.00 bits per heavy atom. The smallest absolute Gasteiger partial charge is 0.174 e. The molecule has 1 fully saturated rings. The second-order valence-electron chi connectivity index (χ2n) is 3.47. The van der Waals surface area contributed by atoms with E-state index in [0.717, 1.165) is 5.84 Å². The van der Waals surface area contributed by atoms with Gasteiger partial charge < -0.3 is 5.32 Å². The van der Waals surface area contributed by atoms with Crippen molar-refractivity contribution < 1.29 is 10.2 Å². The van der Waals surface area contributed by atoms with Crippen molar-refractivity contribution in [3.05, 3.63) is 0 Å². The topological polar surface area (TPSA) is 50.2 Å². The Bertz CT molecular complexity index is 188. The fourth-order valence-electron chi connectivity index (χ4n) is 1.78. The van der Waals surface area contributed by atoms with E-state index in [0.29, 0.717) is 5.92 Å². The van der Waals surface area contributed by atoms with Gasteiger partial charge in [0.05, 0.1) is 13.1 Å². The van der Waals surface area contributed by atoms with Gasteiger partial charge in [0.15, 0.2) is 6.23 Å². The molecule has 4 nitrogen and oxygen atoms in total. The van der Waals surface area contributed by atoms with Crippen LogP contribution in [-0.2, 0) is 4.84 Å². The van der Waals surface area contributed by atoms with E-state index in [2.05, 4.69) is 15.8 Å². The highest BCUT2D eigenvalue weighted by Gasteiger charge is 2.25. The van der Waals surface area contributed by atoms with Gasteiger partial charge in [-0.15, -0.1) is 0 Å². The molecule has 0 radical (unpaired) electrons. The van der Waals surface area contributed by atoms with E-state index < -0.39 is 0 Å². The third-order valence-corrected chi connectivity index (χ3v) is 2.48. The minimum Gasteiger partial charge on any atom is -0.346 e. The number of hydrogen-bond acceptors (Lipinski definition) is 3. The summed E-state index contributed by atoms with van der Waals surface area (Å²) in [6.45, 7) is 8.40. The molecule has 0 aromatic carbocycles. The lowest BCUT2D eigenvalue weighted by Crippen LogP contribution is -2.86. The molecule has 1 atom stereocenters. The van der Waals surface area contributed by atoms with E-state index in [1.807, 2.05) is 20.8 Å². The van der Waals surface area contributed by atoms with Crippen LogP contribution in [0.3, 0.4) is 0 Å². The molecule has 1 unspecified atom stereocenters. The molecular formula is C10H22N3O+. The molecule has 0 amide bonds. The summed E-state index contributed by atoms with van der Waals surface area (Å²) in [5.74, 6) is 1.68. The molecule has 3 N–H and O–H groups in total. The van der Waals surface area contributed by atoms with Crippen LogP contribution in [0, 0.1) is 5.92 Å². The van der Waals surface area contributed by atoms with Crippen molar-refractivity contribution in [2.45, 2.75) is 39.8 Å². The minimum atomic E-state index is 0.00547. The molecule has 4 heteroatoms. The molecule has 0 spiro atoms. The summed E-state index contributed by atoms with van der Waals surface area (Å²) in [5, 5.41) is 2.36. The first-order valence-electron chi connectivity index (χ1n) is 5.67. The maximum atomic E-state index is 5.15. The number of amidine groups is 1. The van der Waals surface area contributed by atoms with Crippen molar-refractivity contribution in [2.24, 2.45) is 10.9 Å². The SMILES string of the molecule is CC.CC1N=C(C2CC[NH2+]CC2)NO1. The van der Waals surface area contributed by atoms with E-state index in [9.17, 15) is 0 Å². The van der Waals surface area contributed by atoms with Gasteiger partial charge in [-0.3, -0.25) is 5.48 Å². The number of rotatable bonds is 1. The number of aliphatic imine (C=N–C) groups is 1. The lowest BCUT2D eigenvalue weighted by Gasteiger charge is -2.19. The van der Waals surface area contributed by atoms with Gasteiger partial charge in [0.25, 0.3) is 0 Å². The Morgan fingerprint density at radius 1 is 1.36 bits per heavy atom. The van der Waals surface area contributed by atoms with Crippen molar-refractivity contribution in [3.63, 3.8) is 0 Å². The van der Waals surface area contributed by atoms with Crippen molar-refractivity contribution in [3.8, 4) is 0 Å². The zero-order chi connectivity index (χ0) is 10.4. The normalized spacial score (nSPS) is 27.4. The highest BCUT2D eigenvalue weighted by molar-refractivity contribution is 5.84. The first-order chi connectivity index (χ1) is 6.86. The third-order valence-electron chi connectivity index (χ3n) is 2.48. The molecule has 2 rings (SSSR count). The Balaban J connectivity index is 0.000000461. The zero-order valence-electron chi connectivity index (χ0n) is 9.42. The maximum absolute atomic E-state index is 5.15. The van der Waals surface area contributed by atoms with E-state index in [4.69, 9.17) is 4.84 Å². The van der Waals surface area contributed by atoms with Gasteiger partial charge >= 0.3 is 0 Å². The van der Waals surface area contributed by atoms with Gasteiger partial charge in [-0.05, 0) is 6.92 Å². The van der Waals surface area contributed by atoms with Gasteiger partial charge in [0, 0.05) is 18.8 Å². The van der Waals surface area contributed by atoms with Crippen LogP contribution in [-0.4, -0.2) is 25.2 Å². The largest absolute Gasteiger partial charge is 0.346 e. The zero-order valence-corrected chi connectivity index (χ0v) is 9.42. The van der Waals surface area contributed by atoms with Gasteiger partial charge in [0.1, 0.15) is 5.84 Å². The van der Waals surface area contributed by atoms with Gasteiger partial charge in [-0.2, -0.15) is 0 Å². The number of nitrogens with one attached hydrogen (secondary N) is 1. The summed E-state index contributed by atoms with van der Waals surface area (Å²) in [6.07, 6.45) is 2.45. The van der Waals surface area contributed by atoms with Crippen molar-refractivity contribution >= 4 is 5.84 Å². The van der Waals surface area contributed by atoms with Gasteiger partial charge in [-0.1, -0.05) is 13.8 Å². The summed E-state index contributed by atoms with van der Waals surface area (Å²) in [6, 6.07) is 0. The lowest BCUT2D eigenvalue weighted by atomic mass is 9.97. The van der Waals surface area contributed by atoms with Crippen molar-refractivity contribution in [2.75, 3.05) is 13.1 Å². The minimum absolute atomic E-state index is 0.00547. The van der Waals surface area contributed by atoms with E-state index in [-0.39, 0.29) is 6.23 Å². The first-order valence-corrected chi connectivity index (χ1v) is 5.67. The highest BCUT2D eigenvalue weighted by atomic mass is 16.7. The number of nitrogens with zero attached hydrogens (tertiary/aromatic N) is 1. The van der Waals surface area contributed by atoms with Crippen LogP contribution in [0.4, 0.5) is 0 Å². The van der Waals surface area contributed by atoms with Crippen LogP contribution in [0.25, 0.3) is 0 Å². The summed E-state index contributed by atoms with van der Waals surface area (Å²) >= 11 is 0. The molecule has 82 valence electrons. The van der Waals surface area contributed by atoms with E-state index in [1.165, 1.54) is 25.9 Å². The third kappa shape index (κ3) is 2.96. The van der Waals surface area contributed by atoms with Crippen LogP contribution in [0.2, 0.25) is 0 Å². The molecule has 1 saturated heterocycles. The average molecular weight is 200 g/mol. The molecule has 0 bridgehead atoms. The summed E-state index contributed by atoms with van der Waals surface area (Å²) in [4.78, 5) is 9.54. The number of piperidine rings is 1. The van der Waals surface area contributed by atoms with Crippen LogP contribution in [0.5, 0.6) is 0 Å². The van der Waals surface area contributed by atoms with Gasteiger partial charge in [-0.25, -0.2) is 9.83 Å². The second-order valence-corrected chi connectivity index (χ2v) is 3.47. The molecule has 14 heavy (non-hydrogen) atoms. The predicted molar refractivity (Wildman–Crippen MR) is 56.8 cm³/mol. The summed E-state index contributed by atoms with van der Waals surface area (Å²) in [7, 11) is 0. The van der Waals surface area contributed by atoms with Crippen LogP contribution >= 0.6 is 0 Å². The predicted octanol–water partition coefficient (Wildman–Crippen LogP) is 0.265. The number of nitrogens with two attached hydrogens (primary N) is 1. The molecule has 2 aliphatic rings. The van der Waals surface area contributed by atoms with Crippen LogP contribution in [0.1, 0.15) is 33.6 Å². The van der Waals surface area contributed by atoms with Gasteiger partial charge in [0.2, 0.25) is 0 Å². The summed E-state index contributed by atoms with van der Waals surface area (Å²) < 4.78 is 0. The quantitative estimate of drug-likeness (QED) is 0.638. The molecule has 0 aromatic rings. The molecule has 0 aliphatic carbocycles. The lowest BCUT2D eigenvalue weighted by molar-refractivity contribution is -0.663. The molecular weight excluding hydrogens is 178 g/mol. The number of hydroxylamine groups is 1. The molecule has 2 aliphatic heterocycles. The standard InChI is InChI=1S/C8H15N3O.C2H6/c1-6-10-8(11-12-6)7-2-4-9-5-3-7;1-2/h6-7,9H,2-5H2,1H3,(H,10,11);1-2H3/p+1. The monoisotopic (exact) mass is 200 g/mol. The number of hydrogen-bond donors (Lipinski definition) is 2. The molecule has 0 aromatic heterocycles. The highest BCUT2D eigenvalue weighted by Crippen LogP contribution is 2.14. The average Bonchev–Trinajstić information content (AvgIpc) is 2.69. The second kappa shape index (κ2) is 5.98. The van der Waals surface area contributed by atoms with Crippen molar-refractivity contribution in [1.82, 2.24) is 5.48 Å². The Hall–Kier alpha value is -0.610. The van der Waals surface area contributed by atoms with E-state index in [1.54, 1.807) is 0 Å².